The monoisotopic (exact) mass is 247 g/mol. The molecule has 5 heteroatoms. The number of hydrogen-bond donors (Lipinski definition) is 2. The molecule has 0 unspecified atom stereocenters. The molecule has 0 aliphatic carbocycles. The van der Waals surface area contributed by atoms with Crippen LogP contribution in [0.1, 0.15) is 24.5 Å². The van der Waals surface area contributed by atoms with Crippen LogP contribution >= 0.6 is 0 Å². The number of anilines is 1. The van der Waals surface area contributed by atoms with Crippen molar-refractivity contribution in [1.29, 1.82) is 0 Å². The number of hydrazine groups is 1. The third-order valence-corrected chi connectivity index (χ3v) is 3.03. The van der Waals surface area contributed by atoms with E-state index in [1.807, 2.05) is 32.0 Å². The number of carbonyl (C=O) groups excluding carboxylic acids is 2. The molecule has 0 aromatic heterocycles. The molecule has 1 saturated heterocycles. The predicted molar refractivity (Wildman–Crippen MR) is 69.0 cm³/mol. The Kier molecular flexibility index (Phi) is 3.62. The molecule has 0 radical (unpaired) electrons. The molecule has 1 fully saturated rings. The summed E-state index contributed by atoms with van der Waals surface area (Å²) in [5.41, 5.74) is 5.61. The number of nitrogens with one attached hydrogen (secondary N) is 2. The molecule has 0 spiro atoms. The topological polar surface area (TPSA) is 61.4 Å². The highest BCUT2D eigenvalue weighted by atomic mass is 16.2. The Labute approximate surface area is 106 Å². The number of aryl methyl sites for hydroxylation is 2. The fraction of sp³-hybridized carbons (Fsp3) is 0.385. The van der Waals surface area contributed by atoms with Gasteiger partial charge in [-0.1, -0.05) is 25.1 Å². The molecule has 3 amide bonds. The Bertz CT molecular complexity index is 485. The first-order chi connectivity index (χ1) is 8.63. The molecule has 2 N–H and O–H groups in total. The molecule has 5 nitrogen and oxygen atoms in total. The quantitative estimate of drug-likeness (QED) is 0.838. The number of carbonyl (C=O) groups is 2. The van der Waals surface area contributed by atoms with Gasteiger partial charge in [-0.25, -0.2) is 10.2 Å². The van der Waals surface area contributed by atoms with E-state index in [-0.39, 0.29) is 5.91 Å². The van der Waals surface area contributed by atoms with E-state index in [0.717, 1.165) is 28.2 Å². The third kappa shape index (κ3) is 2.36. The minimum absolute atomic E-state index is 0.195. The second-order valence-corrected chi connectivity index (χ2v) is 4.28. The minimum atomic E-state index is -0.415. The fourth-order valence-electron chi connectivity index (χ4n) is 2.02. The lowest BCUT2D eigenvalue weighted by atomic mass is 10.1. The van der Waals surface area contributed by atoms with Crippen molar-refractivity contribution in [1.82, 2.24) is 10.4 Å². The summed E-state index contributed by atoms with van der Waals surface area (Å²) in [6, 6.07) is 5.46. The Hall–Kier alpha value is -1.88. The number of urea groups is 1. The van der Waals surface area contributed by atoms with Gasteiger partial charge in [-0.15, -0.1) is 0 Å². The van der Waals surface area contributed by atoms with Gasteiger partial charge in [0.05, 0.1) is 0 Å². The third-order valence-electron chi connectivity index (χ3n) is 3.03. The molecular formula is C13H17N3O2. The van der Waals surface area contributed by atoms with E-state index < -0.39 is 6.03 Å². The minimum Gasteiger partial charge on any atom is -0.306 e. The van der Waals surface area contributed by atoms with Crippen molar-refractivity contribution in [3.05, 3.63) is 29.3 Å². The van der Waals surface area contributed by atoms with E-state index in [1.54, 1.807) is 0 Å². The fourth-order valence-corrected chi connectivity index (χ4v) is 2.02. The highest BCUT2D eigenvalue weighted by Crippen LogP contribution is 2.21. The first-order valence-electron chi connectivity index (χ1n) is 6.09. The van der Waals surface area contributed by atoms with E-state index in [1.165, 1.54) is 0 Å². The van der Waals surface area contributed by atoms with E-state index in [4.69, 9.17) is 0 Å². The van der Waals surface area contributed by atoms with E-state index in [9.17, 15) is 9.59 Å². The second kappa shape index (κ2) is 5.18. The van der Waals surface area contributed by atoms with Crippen LogP contribution in [-0.2, 0) is 11.2 Å². The molecule has 1 aromatic rings. The first kappa shape index (κ1) is 12.6. The van der Waals surface area contributed by atoms with Gasteiger partial charge in [-0.05, 0) is 24.5 Å². The Morgan fingerprint density at radius 1 is 1.50 bits per heavy atom. The maximum absolute atomic E-state index is 12.0. The van der Waals surface area contributed by atoms with Gasteiger partial charge < -0.3 is 5.32 Å². The van der Waals surface area contributed by atoms with Crippen LogP contribution in [0, 0.1) is 6.92 Å². The van der Waals surface area contributed by atoms with Crippen molar-refractivity contribution in [3.63, 3.8) is 0 Å². The Morgan fingerprint density at radius 2 is 2.28 bits per heavy atom. The average Bonchev–Trinajstić information content (AvgIpc) is 2.78. The Morgan fingerprint density at radius 3 is 2.89 bits per heavy atom. The lowest BCUT2D eigenvalue weighted by Gasteiger charge is -2.18. The standard InChI is InChI=1S/C13H17N3O2/c1-3-10-6-4-5-9(2)12(10)15-13(18)16-11(17)7-8-14-16/h4-6,14H,3,7-8H2,1-2H3,(H,15,18). The summed E-state index contributed by atoms with van der Waals surface area (Å²) in [5.74, 6) is -0.195. The van der Waals surface area contributed by atoms with E-state index in [0.29, 0.717) is 13.0 Å². The van der Waals surface area contributed by atoms with Crippen LogP contribution in [0.4, 0.5) is 10.5 Å². The molecular weight excluding hydrogens is 230 g/mol. The van der Waals surface area contributed by atoms with Crippen molar-refractivity contribution < 1.29 is 9.59 Å². The number of rotatable bonds is 2. The van der Waals surface area contributed by atoms with Crippen LogP contribution < -0.4 is 10.7 Å². The smallest absolute Gasteiger partial charge is 0.306 e. The highest BCUT2D eigenvalue weighted by Gasteiger charge is 2.26. The average molecular weight is 247 g/mol. The van der Waals surface area contributed by atoms with Gasteiger partial charge in [-0.2, -0.15) is 5.01 Å². The molecule has 96 valence electrons. The molecule has 1 heterocycles. The zero-order chi connectivity index (χ0) is 13.1. The van der Waals surface area contributed by atoms with Crippen molar-refractivity contribution in [2.45, 2.75) is 26.7 Å². The molecule has 0 atom stereocenters. The van der Waals surface area contributed by atoms with Gasteiger partial charge in [-0.3, -0.25) is 4.79 Å². The van der Waals surface area contributed by atoms with Crippen LogP contribution in [0.2, 0.25) is 0 Å². The van der Waals surface area contributed by atoms with Gasteiger partial charge in [0.15, 0.2) is 0 Å². The summed E-state index contributed by atoms with van der Waals surface area (Å²) in [6.07, 6.45) is 1.19. The highest BCUT2D eigenvalue weighted by molar-refractivity contribution is 6.02. The van der Waals surface area contributed by atoms with Crippen LogP contribution in [-0.4, -0.2) is 23.5 Å². The largest absolute Gasteiger partial charge is 0.343 e. The van der Waals surface area contributed by atoms with Crippen molar-refractivity contribution in [2.24, 2.45) is 0 Å². The number of imide groups is 1. The molecule has 18 heavy (non-hydrogen) atoms. The van der Waals surface area contributed by atoms with Crippen LogP contribution in [0.25, 0.3) is 0 Å². The number of hydrogen-bond acceptors (Lipinski definition) is 3. The summed E-state index contributed by atoms with van der Waals surface area (Å²) < 4.78 is 0. The van der Waals surface area contributed by atoms with Crippen LogP contribution in [0.15, 0.2) is 18.2 Å². The zero-order valence-electron chi connectivity index (χ0n) is 10.6. The van der Waals surface area contributed by atoms with E-state index >= 15 is 0 Å². The summed E-state index contributed by atoms with van der Waals surface area (Å²) in [4.78, 5) is 23.4. The molecule has 0 saturated carbocycles. The van der Waals surface area contributed by atoms with Gasteiger partial charge >= 0.3 is 6.03 Å². The van der Waals surface area contributed by atoms with E-state index in [2.05, 4.69) is 10.7 Å². The SMILES string of the molecule is CCc1cccc(C)c1NC(=O)N1NCCC1=O. The maximum atomic E-state index is 12.0. The van der Waals surface area contributed by atoms with Crippen LogP contribution in [0.3, 0.4) is 0 Å². The van der Waals surface area contributed by atoms with Crippen molar-refractivity contribution in [2.75, 3.05) is 11.9 Å². The number of para-hydroxylation sites is 1. The van der Waals surface area contributed by atoms with Gasteiger partial charge in [0.1, 0.15) is 0 Å². The molecule has 1 aliphatic rings. The molecule has 0 bridgehead atoms. The lowest BCUT2D eigenvalue weighted by Crippen LogP contribution is -2.42. The first-order valence-corrected chi connectivity index (χ1v) is 6.09. The summed E-state index contributed by atoms with van der Waals surface area (Å²) >= 11 is 0. The molecule has 1 aromatic carbocycles. The molecule has 1 aliphatic heterocycles. The maximum Gasteiger partial charge on any atom is 0.343 e. The van der Waals surface area contributed by atoms with Gasteiger partial charge in [0.25, 0.3) is 0 Å². The summed E-state index contributed by atoms with van der Waals surface area (Å²) in [5, 5.41) is 3.85. The van der Waals surface area contributed by atoms with Crippen molar-refractivity contribution >= 4 is 17.6 Å². The van der Waals surface area contributed by atoms with Gasteiger partial charge in [0.2, 0.25) is 5.91 Å². The number of benzene rings is 1. The number of nitrogens with zero attached hydrogens (tertiary/aromatic N) is 1. The lowest BCUT2D eigenvalue weighted by molar-refractivity contribution is -0.126. The Balaban J connectivity index is 2.18. The summed E-state index contributed by atoms with van der Waals surface area (Å²) in [7, 11) is 0. The van der Waals surface area contributed by atoms with Crippen LogP contribution in [0.5, 0.6) is 0 Å². The summed E-state index contributed by atoms with van der Waals surface area (Å²) in [6.45, 7) is 4.48. The normalized spacial score (nSPS) is 15.0. The predicted octanol–water partition coefficient (Wildman–Crippen LogP) is 1.83. The van der Waals surface area contributed by atoms with Crippen molar-refractivity contribution in [3.8, 4) is 0 Å². The van der Waals surface area contributed by atoms with Gasteiger partial charge in [0, 0.05) is 18.7 Å². The number of amides is 3. The second-order valence-electron chi connectivity index (χ2n) is 4.28. The zero-order valence-corrected chi connectivity index (χ0v) is 10.6. The molecule has 2 rings (SSSR count).